The van der Waals surface area contributed by atoms with Gasteiger partial charge in [-0.2, -0.15) is 0 Å². The Morgan fingerprint density at radius 1 is 1.00 bits per heavy atom. The molecule has 0 aromatic heterocycles. The smallest absolute Gasteiger partial charge is 0.240 e. The van der Waals surface area contributed by atoms with Crippen molar-refractivity contribution in [3.63, 3.8) is 0 Å². The highest BCUT2D eigenvalue weighted by atomic mass is 32.2. The molecule has 25 heavy (non-hydrogen) atoms. The first-order chi connectivity index (χ1) is 12.0. The standard InChI is InChI=1S/C19H35N3O2S/c1-4-5-6-7-8-9-10-11-13-17(2)21-22-18-14-12-15-19(16-18)25(23,24)20-3/h12,14-17,20-22H,4-11,13H2,1-3H3. The van der Waals surface area contributed by atoms with Crippen LogP contribution >= 0.6 is 0 Å². The van der Waals surface area contributed by atoms with Gasteiger partial charge in [0.05, 0.1) is 10.6 Å². The molecule has 0 bridgehead atoms. The SMILES string of the molecule is CCCCCCCCCCC(C)NNc1cccc(S(=O)(=O)NC)c1. The van der Waals surface area contributed by atoms with E-state index in [0.717, 1.165) is 12.1 Å². The molecule has 1 aromatic rings. The third-order valence-corrected chi connectivity index (χ3v) is 5.78. The molecule has 0 aliphatic carbocycles. The molecular formula is C19H35N3O2S. The first-order valence-electron chi connectivity index (χ1n) is 9.54. The average molecular weight is 370 g/mol. The van der Waals surface area contributed by atoms with E-state index in [9.17, 15) is 8.42 Å². The predicted octanol–water partition coefficient (Wildman–Crippen LogP) is 4.43. The van der Waals surface area contributed by atoms with E-state index in [0.29, 0.717) is 6.04 Å². The fraction of sp³-hybridized carbons (Fsp3) is 0.684. The summed E-state index contributed by atoms with van der Waals surface area (Å²) in [5.41, 5.74) is 7.11. The number of anilines is 1. The number of nitrogens with one attached hydrogen (secondary N) is 3. The van der Waals surface area contributed by atoms with Gasteiger partial charge in [0.15, 0.2) is 0 Å². The largest absolute Gasteiger partial charge is 0.321 e. The van der Waals surface area contributed by atoms with Crippen molar-refractivity contribution in [2.75, 3.05) is 12.5 Å². The Morgan fingerprint density at radius 2 is 1.64 bits per heavy atom. The summed E-state index contributed by atoms with van der Waals surface area (Å²) in [4.78, 5) is 0.262. The van der Waals surface area contributed by atoms with Crippen molar-refractivity contribution in [2.24, 2.45) is 0 Å². The third kappa shape index (κ3) is 9.23. The lowest BCUT2D eigenvalue weighted by Crippen LogP contribution is -2.31. The summed E-state index contributed by atoms with van der Waals surface area (Å²) in [6.07, 6.45) is 11.7. The highest BCUT2D eigenvalue weighted by molar-refractivity contribution is 7.89. The zero-order valence-electron chi connectivity index (χ0n) is 16.0. The van der Waals surface area contributed by atoms with E-state index in [2.05, 4.69) is 29.4 Å². The second kappa shape index (κ2) is 12.3. The van der Waals surface area contributed by atoms with E-state index in [4.69, 9.17) is 0 Å². The number of unbranched alkanes of at least 4 members (excludes halogenated alkanes) is 7. The lowest BCUT2D eigenvalue weighted by Gasteiger charge is -2.16. The van der Waals surface area contributed by atoms with Gasteiger partial charge in [-0.25, -0.2) is 18.6 Å². The minimum absolute atomic E-state index is 0.262. The Kier molecular flexibility index (Phi) is 10.8. The summed E-state index contributed by atoms with van der Waals surface area (Å²) < 4.78 is 26.0. The van der Waals surface area contributed by atoms with Gasteiger partial charge >= 0.3 is 0 Å². The lowest BCUT2D eigenvalue weighted by molar-refractivity contribution is 0.502. The van der Waals surface area contributed by atoms with Crippen LogP contribution in [0.25, 0.3) is 0 Å². The molecule has 1 unspecified atom stereocenters. The fourth-order valence-corrected chi connectivity index (χ4v) is 3.50. The minimum atomic E-state index is -3.41. The van der Waals surface area contributed by atoms with E-state index in [1.165, 1.54) is 58.4 Å². The van der Waals surface area contributed by atoms with Crippen molar-refractivity contribution < 1.29 is 8.42 Å². The van der Waals surface area contributed by atoms with Crippen molar-refractivity contribution in [3.05, 3.63) is 24.3 Å². The maximum absolute atomic E-state index is 11.8. The summed E-state index contributed by atoms with van der Waals surface area (Å²) in [5, 5.41) is 0. The Balaban J connectivity index is 2.22. The topological polar surface area (TPSA) is 70.2 Å². The summed E-state index contributed by atoms with van der Waals surface area (Å²) in [7, 11) is -1.99. The quantitative estimate of drug-likeness (QED) is 0.335. The van der Waals surface area contributed by atoms with Crippen molar-refractivity contribution in [1.29, 1.82) is 0 Å². The molecule has 0 heterocycles. The van der Waals surface area contributed by atoms with Gasteiger partial charge in [0.25, 0.3) is 0 Å². The van der Waals surface area contributed by atoms with Crippen LogP contribution in [0, 0.1) is 0 Å². The Labute approximate surface area is 154 Å². The lowest BCUT2D eigenvalue weighted by atomic mass is 10.1. The molecule has 1 aromatic carbocycles. The molecule has 144 valence electrons. The monoisotopic (exact) mass is 369 g/mol. The highest BCUT2D eigenvalue weighted by Gasteiger charge is 2.11. The summed E-state index contributed by atoms with van der Waals surface area (Å²) in [5.74, 6) is 0. The zero-order valence-corrected chi connectivity index (χ0v) is 16.8. The van der Waals surface area contributed by atoms with Crippen LogP contribution in [-0.2, 0) is 10.0 Å². The van der Waals surface area contributed by atoms with E-state index < -0.39 is 10.0 Å². The molecule has 1 rings (SSSR count). The molecular weight excluding hydrogens is 334 g/mol. The zero-order chi connectivity index (χ0) is 18.5. The summed E-state index contributed by atoms with van der Waals surface area (Å²) in [6.45, 7) is 4.39. The molecule has 0 saturated heterocycles. The first-order valence-corrected chi connectivity index (χ1v) is 11.0. The maximum atomic E-state index is 11.8. The van der Waals surface area contributed by atoms with Crippen LogP contribution in [0.1, 0.15) is 71.6 Å². The van der Waals surface area contributed by atoms with Crippen LogP contribution in [0.3, 0.4) is 0 Å². The molecule has 0 aliphatic rings. The van der Waals surface area contributed by atoms with E-state index in [1.807, 2.05) is 6.07 Å². The van der Waals surface area contributed by atoms with Crippen LogP contribution in [0.15, 0.2) is 29.2 Å². The molecule has 0 fully saturated rings. The number of benzene rings is 1. The van der Waals surface area contributed by atoms with E-state index >= 15 is 0 Å². The highest BCUT2D eigenvalue weighted by Crippen LogP contribution is 2.15. The number of hydrogen-bond acceptors (Lipinski definition) is 4. The van der Waals surface area contributed by atoms with E-state index in [1.54, 1.807) is 18.2 Å². The van der Waals surface area contributed by atoms with Gasteiger partial charge in [0.1, 0.15) is 0 Å². The molecule has 0 saturated carbocycles. The Bertz CT molecular complexity index is 576. The molecule has 0 radical (unpaired) electrons. The molecule has 0 amide bonds. The van der Waals surface area contributed by atoms with Gasteiger partial charge in [-0.1, -0.05) is 64.4 Å². The van der Waals surface area contributed by atoms with E-state index in [-0.39, 0.29) is 4.90 Å². The normalized spacial score (nSPS) is 12.9. The second-order valence-corrected chi connectivity index (χ2v) is 8.56. The molecule has 5 nitrogen and oxygen atoms in total. The number of hydrazine groups is 1. The van der Waals surface area contributed by atoms with Gasteiger partial charge in [-0.05, 0) is 38.6 Å². The van der Waals surface area contributed by atoms with Crippen molar-refractivity contribution in [2.45, 2.75) is 82.6 Å². The average Bonchev–Trinajstić information content (AvgIpc) is 2.62. The van der Waals surface area contributed by atoms with Gasteiger partial charge in [0, 0.05) is 6.04 Å². The number of hydrogen-bond donors (Lipinski definition) is 3. The van der Waals surface area contributed by atoms with Crippen LogP contribution in [0.2, 0.25) is 0 Å². The summed E-state index contributed by atoms with van der Waals surface area (Å²) >= 11 is 0. The van der Waals surface area contributed by atoms with Crippen LogP contribution in [0.5, 0.6) is 0 Å². The van der Waals surface area contributed by atoms with Crippen molar-refractivity contribution >= 4 is 15.7 Å². The minimum Gasteiger partial charge on any atom is -0.321 e. The van der Waals surface area contributed by atoms with Gasteiger partial charge in [-0.15, -0.1) is 0 Å². The Morgan fingerprint density at radius 3 is 2.28 bits per heavy atom. The van der Waals surface area contributed by atoms with Crippen LogP contribution < -0.4 is 15.6 Å². The first kappa shape index (κ1) is 21.9. The van der Waals surface area contributed by atoms with Gasteiger partial charge < -0.3 is 5.43 Å². The van der Waals surface area contributed by atoms with Crippen LogP contribution in [0.4, 0.5) is 5.69 Å². The van der Waals surface area contributed by atoms with Gasteiger partial charge in [-0.3, -0.25) is 0 Å². The molecule has 0 aliphatic heterocycles. The summed E-state index contributed by atoms with van der Waals surface area (Å²) in [6, 6.07) is 7.13. The van der Waals surface area contributed by atoms with Crippen LogP contribution in [-0.4, -0.2) is 21.5 Å². The van der Waals surface area contributed by atoms with Gasteiger partial charge in [0.2, 0.25) is 10.0 Å². The number of sulfonamides is 1. The predicted molar refractivity (Wildman–Crippen MR) is 106 cm³/mol. The second-order valence-electron chi connectivity index (χ2n) is 6.67. The molecule has 3 N–H and O–H groups in total. The molecule has 0 spiro atoms. The number of rotatable bonds is 14. The Hall–Kier alpha value is -1.11. The third-order valence-electron chi connectivity index (χ3n) is 4.37. The fourth-order valence-electron chi connectivity index (χ4n) is 2.72. The molecule has 1 atom stereocenters. The molecule has 6 heteroatoms. The maximum Gasteiger partial charge on any atom is 0.240 e. The van der Waals surface area contributed by atoms with Crippen molar-refractivity contribution in [3.8, 4) is 0 Å². The van der Waals surface area contributed by atoms with Crippen molar-refractivity contribution in [1.82, 2.24) is 10.1 Å².